The van der Waals surface area contributed by atoms with Crippen molar-refractivity contribution in [3.63, 3.8) is 0 Å². The van der Waals surface area contributed by atoms with Gasteiger partial charge in [-0.1, -0.05) is 130 Å². The van der Waals surface area contributed by atoms with Crippen molar-refractivity contribution in [3.8, 4) is 0 Å². The van der Waals surface area contributed by atoms with Gasteiger partial charge in [-0.3, -0.25) is 47.9 Å². The predicted molar refractivity (Wildman–Crippen MR) is 416 cm³/mol. The van der Waals surface area contributed by atoms with Crippen molar-refractivity contribution in [2.75, 3.05) is 47.3 Å². The van der Waals surface area contributed by atoms with Gasteiger partial charge in [-0.15, -0.1) is 0 Å². The minimum atomic E-state index is -0.485. The van der Waals surface area contributed by atoms with E-state index in [-0.39, 0.29) is 271 Å². The van der Waals surface area contributed by atoms with Crippen LogP contribution in [0.15, 0.2) is 0 Å². The zero-order valence-corrected chi connectivity index (χ0v) is 60.8. The first-order chi connectivity index (χ1) is 46.4. The van der Waals surface area contributed by atoms with E-state index in [9.17, 15) is 47.9 Å². The number of cyclic esters (lactones) is 5. The first kappa shape index (κ1) is 101. The van der Waals surface area contributed by atoms with Crippen molar-refractivity contribution in [1.82, 2.24) is 0 Å². The lowest BCUT2D eigenvalue weighted by Gasteiger charge is -2.36. The maximum absolute atomic E-state index is 12.4. The average molecular weight is 1540 g/mol. The molecule has 10 bridgehead atoms. The number of hydrogen-bond acceptors (Lipinski definition) is 22. The van der Waals surface area contributed by atoms with Gasteiger partial charge in [-0.05, 0) is 142 Å². The number of ether oxygens (including phenoxy) is 12. The Morgan fingerprint density at radius 1 is 0.343 bits per heavy atom. The Morgan fingerprint density at radius 3 is 0.963 bits per heavy atom. The fraction of sp³-hybridized carbons (Fsp3) is 0.884. The maximum Gasteiger partial charge on any atom is 0.311 e. The summed E-state index contributed by atoms with van der Waals surface area (Å²) in [5, 5.41) is 0. The largest absolute Gasteiger partial charge is 0.465 e. The van der Waals surface area contributed by atoms with Gasteiger partial charge in [0.15, 0.2) is 0 Å². The van der Waals surface area contributed by atoms with E-state index in [1.165, 1.54) is 0 Å². The van der Waals surface area contributed by atoms with Gasteiger partial charge in [-0.2, -0.15) is 0 Å². The van der Waals surface area contributed by atoms with Gasteiger partial charge in [0, 0.05) is 85.2 Å². The molecule has 5 aliphatic heterocycles. The molecule has 0 amide bonds. The molecule has 22 nitrogen and oxygen atoms in total. The number of rotatable bonds is 17. The van der Waals surface area contributed by atoms with Crippen LogP contribution in [-0.4, -0.2) is 150 Å². The zero-order valence-electron chi connectivity index (χ0n) is 60.8. The molecule has 10 saturated carbocycles. The number of fused-ring (bicyclic) bond motifs is 25. The van der Waals surface area contributed by atoms with Gasteiger partial charge in [0.05, 0.1) is 103 Å². The highest BCUT2D eigenvalue weighted by molar-refractivity contribution is 5.81. The quantitative estimate of drug-likeness (QED) is 0.0966. The third-order valence-electron chi connectivity index (χ3n) is 27.8. The molecule has 628 valence electrons. The van der Waals surface area contributed by atoms with E-state index >= 15 is 0 Å². The summed E-state index contributed by atoms with van der Waals surface area (Å²) >= 11 is 0. The highest BCUT2D eigenvalue weighted by Gasteiger charge is 2.68. The van der Waals surface area contributed by atoms with Crippen LogP contribution in [0.1, 0.15) is 248 Å². The summed E-state index contributed by atoms with van der Waals surface area (Å²) in [6.07, 6.45) is 9.60. The Balaban J connectivity index is 0.000000660. The summed E-state index contributed by atoms with van der Waals surface area (Å²) in [6, 6.07) is 0. The van der Waals surface area contributed by atoms with Crippen molar-refractivity contribution in [2.45, 2.75) is 291 Å². The van der Waals surface area contributed by atoms with Crippen molar-refractivity contribution in [2.24, 2.45) is 152 Å². The minimum Gasteiger partial charge on any atom is -0.465 e. The number of carbonyl (C=O) groups excluding carboxylic acids is 10. The summed E-state index contributed by atoms with van der Waals surface area (Å²) in [7, 11) is 3.26. The highest BCUT2D eigenvalue weighted by atomic mass is 16.6. The molecule has 5 heterocycles. The number of carbonyl (C=O) groups is 10. The molecular weight excluding hydrogens is 1380 g/mol. The van der Waals surface area contributed by atoms with Gasteiger partial charge in [-0.25, -0.2) is 0 Å². The van der Waals surface area contributed by atoms with Crippen molar-refractivity contribution in [3.05, 3.63) is 0 Å². The second-order valence-corrected chi connectivity index (χ2v) is 33.7. The lowest BCUT2D eigenvalue weighted by atomic mass is 9.74. The number of hydrogen-bond donors (Lipinski definition) is 0. The van der Waals surface area contributed by atoms with E-state index in [1.54, 1.807) is 14.2 Å². The summed E-state index contributed by atoms with van der Waals surface area (Å²) in [5.41, 5.74) is -1.33. The van der Waals surface area contributed by atoms with Crippen molar-refractivity contribution in [1.29, 1.82) is 0 Å². The molecule has 15 rings (SSSR count). The summed E-state index contributed by atoms with van der Waals surface area (Å²) in [4.78, 5) is 119. The third-order valence-corrected chi connectivity index (χ3v) is 27.8. The van der Waals surface area contributed by atoms with Gasteiger partial charge < -0.3 is 56.8 Å². The molecule has 15 aliphatic rings. The SMILES string of the molecule is C.C.C.C.C.C.C.C.C.C.CCC(C)(C)C(=O)OC1C(C)C2CC1C1COC(=O)C21.CCC(C)(C)C(=O)OC1C2CC(C1OC)C1C(=O)OCC21.CCC(C)(C)C(=O)OC1CC2CC1C1COC(=O)C21.CCC(C)C(=O)OC1C2CC(C1OC)C1C(=O)OCC21.CCC(C)C(=O)OC1CC2CC1C1COC(=O)C21. The standard InChI is InChI=1S/C16H24O5.C16H24O4.C15H22O5.C15H22O4.C14H20O4.10CH4/c1-5-16(2,3)15(18)21-13-8-6-9(12(13)19-4)11-10(8)7-20-14(11)17;1-5-16(3,4)15(18)20-13-8(2)9-6-10(13)11-7-19-14(17)12(9)11;1-4-7(2)14(16)20-13-8-5-9(12(13)18-3)11-10(8)6-19-15(11)17;1-4-15(2,3)14(17)19-11-6-8-5-9(11)10-7-18-13(16)12(8)10;1-3-7(2)13(15)18-11-5-8-4-9(11)10-6-17-14(16)12(8)10;;;;;;;;;;/h8-13H,5-7H2,1-4H3;8-13H,5-7H2,1-4H3;7-13H,4-6H2,1-3H3;8-12H,4-7H2,1-3H3;7-12H,3-6H2,1-2H3;10*1H4. The Bertz CT molecular complexity index is 3030. The first-order valence-corrected chi connectivity index (χ1v) is 37.3. The zero-order chi connectivity index (χ0) is 71.1. The van der Waals surface area contributed by atoms with Crippen LogP contribution in [0.4, 0.5) is 0 Å². The van der Waals surface area contributed by atoms with Crippen molar-refractivity contribution >= 4 is 59.7 Å². The summed E-state index contributed by atoms with van der Waals surface area (Å²) in [6.45, 7) is 29.9. The molecule has 10 aliphatic carbocycles. The van der Waals surface area contributed by atoms with Crippen molar-refractivity contribution < 1.29 is 105 Å². The van der Waals surface area contributed by atoms with Gasteiger partial charge in [0.1, 0.15) is 30.5 Å². The van der Waals surface area contributed by atoms with Crippen LogP contribution in [0, 0.1) is 152 Å². The molecule has 108 heavy (non-hydrogen) atoms. The first-order valence-electron chi connectivity index (χ1n) is 37.3. The molecule has 22 heteroatoms. The van der Waals surface area contributed by atoms with Crippen LogP contribution >= 0.6 is 0 Å². The molecule has 30 atom stereocenters. The smallest absolute Gasteiger partial charge is 0.311 e. The van der Waals surface area contributed by atoms with Gasteiger partial charge in [0.25, 0.3) is 0 Å². The maximum atomic E-state index is 12.4. The van der Waals surface area contributed by atoms with E-state index < -0.39 is 16.2 Å². The van der Waals surface area contributed by atoms with E-state index in [0.29, 0.717) is 74.5 Å². The minimum absolute atomic E-state index is 0. The second-order valence-electron chi connectivity index (χ2n) is 33.7. The summed E-state index contributed by atoms with van der Waals surface area (Å²) in [5.74, 6) is 3.31. The molecule has 0 spiro atoms. The number of esters is 10. The average Bonchev–Trinajstić information content (AvgIpc) is 1.58. The normalized spacial score (nSPS) is 38.0. The van der Waals surface area contributed by atoms with Crippen LogP contribution in [0.5, 0.6) is 0 Å². The molecule has 0 radical (unpaired) electrons. The molecule has 0 aromatic carbocycles. The molecule has 30 unspecified atom stereocenters. The van der Waals surface area contributed by atoms with Crippen LogP contribution < -0.4 is 0 Å². The molecule has 5 saturated heterocycles. The van der Waals surface area contributed by atoms with E-state index in [1.807, 2.05) is 90.0 Å². The molecule has 0 aromatic rings. The lowest BCUT2D eigenvalue weighted by Crippen LogP contribution is -2.47. The Labute approximate surface area is 652 Å². The van der Waals surface area contributed by atoms with Gasteiger partial charge in [0.2, 0.25) is 0 Å². The van der Waals surface area contributed by atoms with Crippen LogP contribution in [0.3, 0.4) is 0 Å². The highest BCUT2D eigenvalue weighted by Crippen LogP contribution is 2.62. The third kappa shape index (κ3) is 18.1. The van der Waals surface area contributed by atoms with Crippen LogP contribution in [-0.2, 0) is 105 Å². The Hall–Kier alpha value is -5.38. The monoisotopic (exact) mass is 1540 g/mol. The second kappa shape index (κ2) is 39.4. The summed E-state index contributed by atoms with van der Waals surface area (Å²) < 4.78 is 65.8. The molecular formula is C86H152O22. The lowest BCUT2D eigenvalue weighted by molar-refractivity contribution is -0.175. The molecule has 0 aromatic heterocycles. The molecule has 0 N–H and O–H groups in total. The van der Waals surface area contributed by atoms with E-state index in [2.05, 4.69) is 6.92 Å². The Morgan fingerprint density at radius 2 is 0.620 bits per heavy atom. The van der Waals surface area contributed by atoms with Gasteiger partial charge >= 0.3 is 59.7 Å². The van der Waals surface area contributed by atoms with Crippen LogP contribution in [0.2, 0.25) is 0 Å². The van der Waals surface area contributed by atoms with E-state index in [0.717, 1.165) is 77.0 Å². The fourth-order valence-corrected chi connectivity index (χ4v) is 20.3. The predicted octanol–water partition coefficient (Wildman–Crippen LogP) is 15.9. The fourth-order valence-electron chi connectivity index (χ4n) is 20.3. The van der Waals surface area contributed by atoms with Crippen LogP contribution in [0.25, 0.3) is 0 Å². The molecule has 15 fully saturated rings. The number of methoxy groups -OCH3 is 2. The Kier molecular flexibility index (Phi) is 36.7. The van der Waals surface area contributed by atoms with E-state index in [4.69, 9.17) is 56.8 Å². The topological polar surface area (TPSA) is 281 Å².